The Kier molecular flexibility index (Phi) is 5.75. The summed E-state index contributed by atoms with van der Waals surface area (Å²) in [5.41, 5.74) is -0.518. The van der Waals surface area contributed by atoms with Gasteiger partial charge in [-0.1, -0.05) is 0 Å². The number of nitrogens with one attached hydrogen (secondary N) is 1. The van der Waals surface area contributed by atoms with Crippen molar-refractivity contribution in [1.29, 1.82) is 0 Å². The maximum Gasteiger partial charge on any atom is 0.410 e. The molecule has 0 unspecified atom stereocenters. The summed E-state index contributed by atoms with van der Waals surface area (Å²) >= 11 is 0. The minimum atomic E-state index is -0.518. The Bertz CT molecular complexity index is 576. The lowest BCUT2D eigenvalue weighted by molar-refractivity contribution is -0.122. The summed E-state index contributed by atoms with van der Waals surface area (Å²) in [6.45, 7) is 6.67. The molecule has 132 valence electrons. The number of aromatic nitrogens is 1. The van der Waals surface area contributed by atoms with Crippen LogP contribution >= 0.6 is 0 Å². The van der Waals surface area contributed by atoms with E-state index in [9.17, 15) is 14.0 Å². The minimum Gasteiger partial charge on any atom is -0.444 e. The first-order valence-electron chi connectivity index (χ1n) is 8.10. The third kappa shape index (κ3) is 5.47. The van der Waals surface area contributed by atoms with E-state index in [1.807, 2.05) is 20.8 Å². The summed E-state index contributed by atoms with van der Waals surface area (Å²) in [6, 6.07) is 2.78. The van der Waals surface area contributed by atoms with E-state index >= 15 is 0 Å². The SMILES string of the molecule is CC(C)(C)OC(=O)N1CCC(C(=O)CNc2ccc(F)cn2)CC1. The lowest BCUT2D eigenvalue weighted by atomic mass is 9.92. The third-order valence-electron chi connectivity index (χ3n) is 3.77. The molecule has 0 saturated carbocycles. The Hall–Kier alpha value is -2.18. The lowest BCUT2D eigenvalue weighted by Crippen LogP contribution is -2.43. The Labute approximate surface area is 141 Å². The van der Waals surface area contributed by atoms with E-state index in [-0.39, 0.29) is 24.3 Å². The number of hydrogen-bond acceptors (Lipinski definition) is 5. The first-order chi connectivity index (χ1) is 11.2. The van der Waals surface area contributed by atoms with Crippen molar-refractivity contribution in [3.63, 3.8) is 0 Å². The fourth-order valence-corrected chi connectivity index (χ4v) is 2.51. The summed E-state index contributed by atoms with van der Waals surface area (Å²) in [6.07, 6.45) is 2.02. The molecular formula is C17H24FN3O3. The first-order valence-corrected chi connectivity index (χ1v) is 8.10. The van der Waals surface area contributed by atoms with Gasteiger partial charge in [-0.2, -0.15) is 0 Å². The molecule has 1 aliphatic heterocycles. The van der Waals surface area contributed by atoms with Gasteiger partial charge in [0.1, 0.15) is 17.2 Å². The molecule has 7 heteroatoms. The van der Waals surface area contributed by atoms with Gasteiger partial charge in [0.2, 0.25) is 0 Å². The van der Waals surface area contributed by atoms with Gasteiger partial charge in [-0.05, 0) is 45.7 Å². The van der Waals surface area contributed by atoms with Crippen LogP contribution in [0.15, 0.2) is 18.3 Å². The number of anilines is 1. The second-order valence-corrected chi connectivity index (χ2v) is 6.92. The second-order valence-electron chi connectivity index (χ2n) is 6.92. The highest BCUT2D eigenvalue weighted by Crippen LogP contribution is 2.20. The molecular weight excluding hydrogens is 313 g/mol. The Morgan fingerprint density at radius 3 is 2.54 bits per heavy atom. The van der Waals surface area contributed by atoms with Gasteiger partial charge in [0.05, 0.1) is 12.7 Å². The number of carbonyl (C=O) groups is 2. The standard InChI is InChI=1S/C17H24FN3O3/c1-17(2,3)24-16(23)21-8-6-12(7-9-21)14(22)11-20-15-5-4-13(18)10-19-15/h4-5,10,12H,6-9,11H2,1-3H3,(H,19,20). The van der Waals surface area contributed by atoms with Crippen LogP contribution in [-0.2, 0) is 9.53 Å². The average Bonchev–Trinajstić information content (AvgIpc) is 2.52. The van der Waals surface area contributed by atoms with Crippen LogP contribution in [0.1, 0.15) is 33.6 Å². The molecule has 0 atom stereocenters. The van der Waals surface area contributed by atoms with Crippen molar-refractivity contribution in [1.82, 2.24) is 9.88 Å². The highest BCUT2D eigenvalue weighted by molar-refractivity contribution is 5.85. The number of rotatable bonds is 4. The van der Waals surface area contributed by atoms with E-state index in [1.54, 1.807) is 4.90 Å². The van der Waals surface area contributed by atoms with Gasteiger partial charge in [0.15, 0.2) is 5.78 Å². The maximum absolute atomic E-state index is 12.8. The monoisotopic (exact) mass is 337 g/mol. The fourth-order valence-electron chi connectivity index (χ4n) is 2.51. The van der Waals surface area contributed by atoms with Crippen LogP contribution in [0.2, 0.25) is 0 Å². The van der Waals surface area contributed by atoms with E-state index in [4.69, 9.17) is 4.74 Å². The summed E-state index contributed by atoms with van der Waals surface area (Å²) in [7, 11) is 0. The highest BCUT2D eigenvalue weighted by atomic mass is 19.1. The summed E-state index contributed by atoms with van der Waals surface area (Å²) in [4.78, 5) is 29.7. The fraction of sp³-hybridized carbons (Fsp3) is 0.588. The number of hydrogen-bond donors (Lipinski definition) is 1. The number of carbonyl (C=O) groups excluding carboxylic acids is 2. The van der Waals surface area contributed by atoms with E-state index < -0.39 is 11.4 Å². The number of ether oxygens (including phenoxy) is 1. The van der Waals surface area contributed by atoms with Crippen molar-refractivity contribution < 1.29 is 18.7 Å². The topological polar surface area (TPSA) is 71.5 Å². The number of piperidine rings is 1. The molecule has 0 radical (unpaired) electrons. The number of nitrogens with zero attached hydrogens (tertiary/aromatic N) is 2. The van der Waals surface area contributed by atoms with Crippen molar-refractivity contribution >= 4 is 17.7 Å². The van der Waals surface area contributed by atoms with Crippen LogP contribution in [0, 0.1) is 11.7 Å². The van der Waals surface area contributed by atoms with Gasteiger partial charge in [0.25, 0.3) is 0 Å². The van der Waals surface area contributed by atoms with E-state index in [0.29, 0.717) is 31.7 Å². The van der Waals surface area contributed by atoms with Crippen molar-refractivity contribution in [3.05, 3.63) is 24.1 Å². The number of amides is 1. The predicted octanol–water partition coefficient (Wildman–Crippen LogP) is 2.85. The molecule has 1 amide bonds. The van der Waals surface area contributed by atoms with Crippen LogP contribution in [-0.4, -0.2) is 47.0 Å². The molecule has 0 bridgehead atoms. The molecule has 1 fully saturated rings. The summed E-state index contributed by atoms with van der Waals surface area (Å²) in [5, 5.41) is 2.90. The number of halogens is 1. The molecule has 1 aromatic rings. The minimum absolute atomic E-state index is 0.0740. The maximum atomic E-state index is 12.8. The Morgan fingerprint density at radius 2 is 2.00 bits per heavy atom. The van der Waals surface area contributed by atoms with E-state index in [0.717, 1.165) is 6.20 Å². The van der Waals surface area contributed by atoms with Crippen LogP contribution in [0.5, 0.6) is 0 Å². The molecule has 1 N–H and O–H groups in total. The lowest BCUT2D eigenvalue weighted by Gasteiger charge is -2.33. The average molecular weight is 337 g/mol. The number of ketones is 1. The second kappa shape index (κ2) is 7.59. The van der Waals surface area contributed by atoms with E-state index in [1.165, 1.54) is 12.1 Å². The number of likely N-dealkylation sites (tertiary alicyclic amines) is 1. The van der Waals surface area contributed by atoms with Crippen LogP contribution in [0.3, 0.4) is 0 Å². The predicted molar refractivity (Wildman–Crippen MR) is 88.2 cm³/mol. The zero-order valence-corrected chi connectivity index (χ0v) is 14.3. The van der Waals surface area contributed by atoms with Gasteiger partial charge in [-0.25, -0.2) is 14.2 Å². The van der Waals surface area contributed by atoms with Crippen molar-refractivity contribution in [2.75, 3.05) is 25.0 Å². The van der Waals surface area contributed by atoms with Crippen molar-refractivity contribution in [2.24, 2.45) is 5.92 Å². The normalized spacial score (nSPS) is 15.9. The molecule has 0 aromatic carbocycles. The van der Waals surface area contributed by atoms with Gasteiger partial charge in [-0.3, -0.25) is 4.79 Å². The molecule has 1 aliphatic rings. The van der Waals surface area contributed by atoms with Crippen molar-refractivity contribution in [2.45, 2.75) is 39.2 Å². The van der Waals surface area contributed by atoms with Gasteiger partial charge in [0, 0.05) is 19.0 Å². The number of Topliss-reactive ketones (excluding diaryl/α,β-unsaturated/α-hetero) is 1. The van der Waals surface area contributed by atoms with Gasteiger partial charge >= 0.3 is 6.09 Å². The van der Waals surface area contributed by atoms with Crippen LogP contribution in [0.25, 0.3) is 0 Å². The quantitative estimate of drug-likeness (QED) is 0.915. The van der Waals surface area contributed by atoms with Gasteiger partial charge in [-0.15, -0.1) is 0 Å². The largest absolute Gasteiger partial charge is 0.444 e. The van der Waals surface area contributed by atoms with E-state index in [2.05, 4.69) is 10.3 Å². The first kappa shape index (κ1) is 18.2. The smallest absolute Gasteiger partial charge is 0.410 e. The van der Waals surface area contributed by atoms with Crippen molar-refractivity contribution in [3.8, 4) is 0 Å². The van der Waals surface area contributed by atoms with Gasteiger partial charge < -0.3 is 15.0 Å². The van der Waals surface area contributed by atoms with Crippen LogP contribution < -0.4 is 5.32 Å². The Morgan fingerprint density at radius 1 is 1.33 bits per heavy atom. The molecule has 1 saturated heterocycles. The highest BCUT2D eigenvalue weighted by Gasteiger charge is 2.29. The number of pyridine rings is 1. The van der Waals surface area contributed by atoms with Crippen LogP contribution in [0.4, 0.5) is 15.0 Å². The molecule has 2 heterocycles. The summed E-state index contributed by atoms with van der Waals surface area (Å²) < 4.78 is 18.1. The zero-order chi connectivity index (χ0) is 17.7. The zero-order valence-electron chi connectivity index (χ0n) is 14.3. The summed E-state index contributed by atoms with van der Waals surface area (Å²) in [5.74, 6) is 0.0407. The molecule has 0 aliphatic carbocycles. The Balaban J connectivity index is 1.76. The molecule has 1 aromatic heterocycles. The third-order valence-corrected chi connectivity index (χ3v) is 3.77. The molecule has 0 spiro atoms. The molecule has 2 rings (SSSR count). The molecule has 6 nitrogen and oxygen atoms in total. The molecule has 24 heavy (non-hydrogen) atoms.